The summed E-state index contributed by atoms with van der Waals surface area (Å²) in [6.45, 7) is 8.64. The Labute approximate surface area is 297 Å². The number of H-pyrrole nitrogens is 1. The van der Waals surface area contributed by atoms with Crippen LogP contribution in [0.2, 0.25) is 0 Å². The normalized spacial score (nSPS) is 11.5. The van der Waals surface area contributed by atoms with Crippen molar-refractivity contribution < 1.29 is 18.5 Å². The second kappa shape index (κ2) is 14.6. The Morgan fingerprint density at radius 2 is 1.82 bits per heavy atom. The lowest BCUT2D eigenvalue weighted by Gasteiger charge is -2.26. The van der Waals surface area contributed by atoms with Gasteiger partial charge in [-0.1, -0.05) is 36.9 Å². The molecular weight excluding hydrogens is 663 g/mol. The van der Waals surface area contributed by atoms with Gasteiger partial charge in [-0.25, -0.2) is 15.0 Å². The molecule has 12 nitrogen and oxygen atoms in total. The van der Waals surface area contributed by atoms with E-state index in [2.05, 4.69) is 37.0 Å². The molecule has 0 aliphatic carbocycles. The Morgan fingerprint density at radius 1 is 1.00 bits per heavy atom. The first-order valence-electron chi connectivity index (χ1n) is 16.3. The van der Waals surface area contributed by atoms with Gasteiger partial charge in [0.25, 0.3) is 0 Å². The molecule has 0 bridgehead atoms. The molecule has 3 heterocycles. The number of carbonyl (C=O) groups is 1. The maximum atomic E-state index is 12.9. The Hall–Kier alpha value is -5.71. The molecular formula is C38H41N8O4P. The third-order valence-electron chi connectivity index (χ3n) is 8.39. The molecule has 0 fully saturated rings. The molecule has 6 rings (SSSR count). The predicted molar refractivity (Wildman–Crippen MR) is 206 cm³/mol. The molecule has 13 heteroatoms. The lowest BCUT2D eigenvalue weighted by molar-refractivity contribution is -0.111. The SMILES string of the molecule is C=CC(=O)Nc1cc(Nc2nccc(-c3[nH]c(-c4cccc(P(C)(C)=O)c4)nc3-c3ccc4ccoc4c3)n2)c(OC)cc1N(C)CCN(C)C. The van der Waals surface area contributed by atoms with Crippen molar-refractivity contribution in [3.63, 3.8) is 0 Å². The number of aromatic amines is 1. The van der Waals surface area contributed by atoms with Crippen molar-refractivity contribution in [1.29, 1.82) is 0 Å². The fraction of sp³-hybridized carbons (Fsp3) is 0.211. The van der Waals surface area contributed by atoms with Crippen LogP contribution in [0.15, 0.2) is 96.3 Å². The van der Waals surface area contributed by atoms with Crippen molar-refractivity contribution in [3.05, 3.63) is 91.8 Å². The summed E-state index contributed by atoms with van der Waals surface area (Å²) in [7, 11) is 5.05. The van der Waals surface area contributed by atoms with E-state index in [4.69, 9.17) is 19.1 Å². The highest BCUT2D eigenvalue weighted by Gasteiger charge is 2.21. The van der Waals surface area contributed by atoms with E-state index in [0.29, 0.717) is 52.5 Å². The van der Waals surface area contributed by atoms with Gasteiger partial charge in [0.15, 0.2) is 0 Å². The second-order valence-corrected chi connectivity index (χ2v) is 16.0. The Bertz CT molecular complexity index is 2270. The molecule has 0 radical (unpaired) electrons. The van der Waals surface area contributed by atoms with E-state index in [1.54, 1.807) is 45.0 Å². The van der Waals surface area contributed by atoms with Crippen LogP contribution in [0, 0.1) is 0 Å². The van der Waals surface area contributed by atoms with Crippen molar-refractivity contribution in [2.45, 2.75) is 0 Å². The number of likely N-dealkylation sites (N-methyl/N-ethyl adjacent to an activating group) is 2. The molecule has 0 aliphatic rings. The Morgan fingerprint density at radius 3 is 2.57 bits per heavy atom. The number of fused-ring (bicyclic) bond motifs is 1. The van der Waals surface area contributed by atoms with E-state index in [9.17, 15) is 9.36 Å². The number of hydrogen-bond donors (Lipinski definition) is 3. The minimum atomic E-state index is -2.51. The summed E-state index contributed by atoms with van der Waals surface area (Å²) in [4.78, 5) is 34.5. The van der Waals surface area contributed by atoms with Crippen molar-refractivity contribution in [2.75, 3.05) is 70.2 Å². The molecule has 6 aromatic rings. The van der Waals surface area contributed by atoms with E-state index >= 15 is 0 Å². The highest BCUT2D eigenvalue weighted by Crippen LogP contribution is 2.40. The zero-order valence-corrected chi connectivity index (χ0v) is 30.4. The van der Waals surface area contributed by atoms with Crippen molar-refractivity contribution in [3.8, 4) is 39.8 Å². The third kappa shape index (κ3) is 7.88. The van der Waals surface area contributed by atoms with Gasteiger partial charge >= 0.3 is 0 Å². The number of amides is 1. The van der Waals surface area contributed by atoms with Crippen LogP contribution in [0.4, 0.5) is 23.0 Å². The van der Waals surface area contributed by atoms with Crippen LogP contribution in [-0.2, 0) is 9.36 Å². The summed E-state index contributed by atoms with van der Waals surface area (Å²) >= 11 is 0. The van der Waals surface area contributed by atoms with Gasteiger partial charge in [0, 0.05) is 54.2 Å². The maximum absolute atomic E-state index is 12.9. The van der Waals surface area contributed by atoms with Gasteiger partial charge in [-0.3, -0.25) is 4.79 Å². The summed E-state index contributed by atoms with van der Waals surface area (Å²) in [6, 6.07) is 20.9. The van der Waals surface area contributed by atoms with E-state index in [1.807, 2.05) is 75.7 Å². The van der Waals surface area contributed by atoms with Gasteiger partial charge in [0.2, 0.25) is 11.9 Å². The maximum Gasteiger partial charge on any atom is 0.247 e. The number of ether oxygens (including phenoxy) is 1. The van der Waals surface area contributed by atoms with E-state index in [0.717, 1.165) is 39.6 Å². The number of rotatable bonds is 13. The zero-order chi connectivity index (χ0) is 36.3. The standard InChI is InChI=1S/C38H41N8O4P/c1-8-34(47)40-29-22-30(33(49-5)23-31(29)46(4)18-17-45(2)3)42-38-39-16-14-28(41-38)36-35(25-13-12-24-15-19-50-32(24)21-25)43-37(44-36)26-10-9-11-27(20-26)51(6,7)48/h8-16,19-23H,1,17-18H2,2-7H3,(H,40,47)(H,43,44)(H,39,41,42). The average molecular weight is 705 g/mol. The number of aromatic nitrogens is 4. The molecule has 51 heavy (non-hydrogen) atoms. The molecule has 1 amide bonds. The van der Waals surface area contributed by atoms with Gasteiger partial charge in [0.1, 0.15) is 24.3 Å². The van der Waals surface area contributed by atoms with Crippen LogP contribution in [0.5, 0.6) is 5.75 Å². The zero-order valence-electron chi connectivity index (χ0n) is 29.5. The monoisotopic (exact) mass is 704 g/mol. The van der Waals surface area contributed by atoms with Gasteiger partial charge in [-0.05, 0) is 63.8 Å². The molecule has 0 aliphatic heterocycles. The van der Waals surface area contributed by atoms with E-state index < -0.39 is 7.14 Å². The highest BCUT2D eigenvalue weighted by molar-refractivity contribution is 7.70. The van der Waals surface area contributed by atoms with E-state index in [-0.39, 0.29) is 5.91 Å². The van der Waals surface area contributed by atoms with Crippen LogP contribution in [-0.4, -0.2) is 85.4 Å². The van der Waals surface area contributed by atoms with Gasteiger partial charge in [-0.15, -0.1) is 0 Å². The van der Waals surface area contributed by atoms with Crippen LogP contribution >= 0.6 is 7.14 Å². The van der Waals surface area contributed by atoms with Gasteiger partial charge < -0.3 is 39.1 Å². The second-order valence-electron chi connectivity index (χ2n) is 12.8. The average Bonchev–Trinajstić information content (AvgIpc) is 3.78. The summed E-state index contributed by atoms with van der Waals surface area (Å²) in [5.41, 5.74) is 6.15. The number of hydrogen-bond acceptors (Lipinski definition) is 10. The van der Waals surface area contributed by atoms with Gasteiger partial charge in [0.05, 0.1) is 47.5 Å². The van der Waals surface area contributed by atoms with Gasteiger partial charge in [-0.2, -0.15) is 0 Å². The van der Waals surface area contributed by atoms with Crippen LogP contribution in [0.1, 0.15) is 0 Å². The van der Waals surface area contributed by atoms with Crippen molar-refractivity contribution in [2.24, 2.45) is 0 Å². The summed E-state index contributed by atoms with van der Waals surface area (Å²) < 4.78 is 24.4. The molecule has 0 unspecified atom stereocenters. The minimum Gasteiger partial charge on any atom is -0.494 e. The number of nitrogens with zero attached hydrogens (tertiary/aromatic N) is 5. The molecule has 262 valence electrons. The molecule has 0 spiro atoms. The number of nitrogens with one attached hydrogen (secondary N) is 3. The Balaban J connectivity index is 1.42. The first-order chi connectivity index (χ1) is 24.4. The molecule has 3 aromatic heterocycles. The largest absolute Gasteiger partial charge is 0.494 e. The number of anilines is 4. The quantitative estimate of drug-likeness (QED) is 0.0845. The number of carbonyl (C=O) groups excluding carboxylic acids is 1. The predicted octanol–water partition coefficient (Wildman–Crippen LogP) is 7.07. The minimum absolute atomic E-state index is 0.295. The number of methoxy groups -OCH3 is 1. The lowest BCUT2D eigenvalue weighted by atomic mass is 10.1. The smallest absolute Gasteiger partial charge is 0.247 e. The first-order valence-corrected chi connectivity index (χ1v) is 18.9. The molecule has 0 saturated carbocycles. The summed E-state index contributed by atoms with van der Waals surface area (Å²) in [5.74, 6) is 1.09. The fourth-order valence-corrected chi connectivity index (χ4v) is 6.47. The number of furan rings is 1. The van der Waals surface area contributed by atoms with Crippen molar-refractivity contribution in [1.82, 2.24) is 24.8 Å². The van der Waals surface area contributed by atoms with Crippen LogP contribution in [0.25, 0.3) is 45.0 Å². The number of imidazole rings is 1. The Kier molecular flexibility index (Phi) is 10.1. The summed E-state index contributed by atoms with van der Waals surface area (Å²) in [5, 5.41) is 7.96. The van der Waals surface area contributed by atoms with Crippen molar-refractivity contribution >= 4 is 52.3 Å². The lowest BCUT2D eigenvalue weighted by Crippen LogP contribution is -2.29. The van der Waals surface area contributed by atoms with Crippen LogP contribution in [0.3, 0.4) is 0 Å². The van der Waals surface area contributed by atoms with E-state index in [1.165, 1.54) is 6.08 Å². The first kappa shape index (κ1) is 35.1. The highest BCUT2D eigenvalue weighted by atomic mass is 31.2. The third-order valence-corrected chi connectivity index (χ3v) is 9.91. The molecule has 0 saturated heterocycles. The number of benzene rings is 3. The summed E-state index contributed by atoms with van der Waals surface area (Å²) in [6.07, 6.45) is 4.54. The molecule has 3 N–H and O–H groups in total. The fourth-order valence-electron chi connectivity index (χ4n) is 5.58. The molecule has 3 aromatic carbocycles. The molecule has 0 atom stereocenters. The topological polar surface area (TPSA) is 142 Å². The van der Waals surface area contributed by atoms with Crippen LogP contribution < -0.4 is 25.6 Å².